The Labute approximate surface area is 411 Å². The molecule has 384 valence electrons. The summed E-state index contributed by atoms with van der Waals surface area (Å²) >= 11 is 0. The Bertz CT molecular complexity index is 1340. The molecule has 0 aromatic heterocycles. The second-order valence-corrected chi connectivity index (χ2v) is 18.2. The van der Waals surface area contributed by atoms with Crippen LogP contribution in [-0.4, -0.2) is 42.5 Å². The van der Waals surface area contributed by atoms with Crippen LogP contribution in [0.5, 0.6) is 0 Å². The van der Waals surface area contributed by atoms with Gasteiger partial charge in [0.2, 0.25) is 0 Å². The molecule has 0 aromatic carbocycles. The molecule has 0 saturated carbocycles. The van der Waals surface area contributed by atoms with E-state index in [0.717, 1.165) is 89.9 Å². The standard InChI is InChI=1S/C59H100O8/c1-4-7-10-13-16-19-22-25-27-29-32-35-38-41-44-50-57(60)64-53-56(66-59(62)52-45-42-39-36-33-30-28-26-23-20-17-14-11-8-5-2)54-65-58(61)51-47-46-49-55(67-63)48-43-40-37-34-31-24-21-18-15-12-9-6-3/h17,20,25-28,40,43,46-49,51,56,63H,4-16,18-19,21-24,29-39,41-42,44-45,50,52-54H2,1-3H3/b20-17-,27-25-,28-26-,43-40?,49-46?,51-47?,55-48?. The molecule has 0 saturated heterocycles. The fourth-order valence-electron chi connectivity index (χ4n) is 7.50. The molecule has 0 bridgehead atoms. The van der Waals surface area contributed by atoms with Crippen LogP contribution in [0.2, 0.25) is 0 Å². The van der Waals surface area contributed by atoms with Crippen molar-refractivity contribution in [3.63, 3.8) is 0 Å². The summed E-state index contributed by atoms with van der Waals surface area (Å²) in [6, 6.07) is 0. The zero-order valence-corrected chi connectivity index (χ0v) is 43.3. The van der Waals surface area contributed by atoms with Gasteiger partial charge in [-0.3, -0.25) is 9.59 Å². The van der Waals surface area contributed by atoms with Gasteiger partial charge in [-0.2, -0.15) is 0 Å². The summed E-state index contributed by atoms with van der Waals surface area (Å²) in [4.78, 5) is 42.5. The lowest BCUT2D eigenvalue weighted by Crippen LogP contribution is -2.30. The van der Waals surface area contributed by atoms with E-state index in [-0.39, 0.29) is 31.4 Å². The highest BCUT2D eigenvalue weighted by Crippen LogP contribution is 2.14. The fraction of sp³-hybridized carbons (Fsp3) is 0.712. The van der Waals surface area contributed by atoms with Crippen LogP contribution in [0.25, 0.3) is 0 Å². The molecular formula is C59H100O8. The molecule has 0 aliphatic carbocycles. The molecule has 8 nitrogen and oxygen atoms in total. The van der Waals surface area contributed by atoms with Crippen molar-refractivity contribution in [2.45, 2.75) is 258 Å². The monoisotopic (exact) mass is 937 g/mol. The van der Waals surface area contributed by atoms with Gasteiger partial charge in [-0.15, -0.1) is 0 Å². The van der Waals surface area contributed by atoms with Crippen molar-refractivity contribution >= 4 is 17.9 Å². The van der Waals surface area contributed by atoms with Crippen LogP contribution >= 0.6 is 0 Å². The maximum atomic E-state index is 12.8. The van der Waals surface area contributed by atoms with E-state index in [1.165, 1.54) is 140 Å². The molecule has 8 heteroatoms. The summed E-state index contributed by atoms with van der Waals surface area (Å²) in [5, 5.41) is 9.28. The second kappa shape index (κ2) is 53.3. The van der Waals surface area contributed by atoms with Crippen LogP contribution in [0.15, 0.2) is 84.7 Å². The number of carbonyl (C=O) groups is 3. The van der Waals surface area contributed by atoms with Gasteiger partial charge in [0.1, 0.15) is 13.2 Å². The van der Waals surface area contributed by atoms with Crippen LogP contribution in [0.3, 0.4) is 0 Å². The summed E-state index contributed by atoms with van der Waals surface area (Å²) in [5.74, 6) is -1.17. The Hall–Kier alpha value is -3.65. The molecule has 0 spiro atoms. The van der Waals surface area contributed by atoms with Crippen LogP contribution in [0, 0.1) is 0 Å². The van der Waals surface area contributed by atoms with Gasteiger partial charge in [0.25, 0.3) is 0 Å². The van der Waals surface area contributed by atoms with Gasteiger partial charge in [-0.1, -0.05) is 216 Å². The molecule has 0 amide bonds. The van der Waals surface area contributed by atoms with Crippen molar-refractivity contribution in [1.29, 1.82) is 0 Å². The van der Waals surface area contributed by atoms with Gasteiger partial charge in [0.05, 0.1) is 0 Å². The van der Waals surface area contributed by atoms with Crippen molar-refractivity contribution in [3.8, 4) is 0 Å². The second-order valence-electron chi connectivity index (χ2n) is 18.2. The number of ether oxygens (including phenoxy) is 3. The maximum Gasteiger partial charge on any atom is 0.330 e. The zero-order valence-electron chi connectivity index (χ0n) is 43.3. The topological polar surface area (TPSA) is 108 Å². The Morgan fingerprint density at radius 2 is 0.806 bits per heavy atom. The molecular weight excluding hydrogens is 837 g/mol. The molecule has 0 rings (SSSR count). The predicted octanol–water partition coefficient (Wildman–Crippen LogP) is 17.8. The number of unbranched alkanes of at least 4 members (excludes halogenated alkanes) is 28. The minimum absolute atomic E-state index is 0.177. The summed E-state index contributed by atoms with van der Waals surface area (Å²) in [6.45, 7) is 6.31. The third-order valence-corrected chi connectivity index (χ3v) is 11.7. The number of allylic oxidation sites excluding steroid dienone is 12. The molecule has 0 fully saturated rings. The van der Waals surface area contributed by atoms with Crippen LogP contribution in [-0.2, 0) is 33.5 Å². The first-order valence-electron chi connectivity index (χ1n) is 27.5. The number of carbonyl (C=O) groups excluding carboxylic acids is 3. The van der Waals surface area contributed by atoms with Crippen molar-refractivity contribution < 1.29 is 38.7 Å². The van der Waals surface area contributed by atoms with Crippen molar-refractivity contribution in [1.82, 2.24) is 0 Å². The zero-order chi connectivity index (χ0) is 48.8. The van der Waals surface area contributed by atoms with Gasteiger partial charge in [-0.25, -0.2) is 10.1 Å². The lowest BCUT2D eigenvalue weighted by atomic mass is 10.1. The first kappa shape index (κ1) is 63.4. The Morgan fingerprint density at radius 3 is 1.31 bits per heavy atom. The highest BCUT2D eigenvalue weighted by molar-refractivity contribution is 5.82. The molecule has 1 atom stereocenters. The van der Waals surface area contributed by atoms with E-state index in [9.17, 15) is 19.6 Å². The van der Waals surface area contributed by atoms with Crippen LogP contribution in [0.4, 0.5) is 0 Å². The van der Waals surface area contributed by atoms with Gasteiger partial charge in [-0.05, 0) is 95.6 Å². The summed E-state index contributed by atoms with van der Waals surface area (Å²) in [5.41, 5.74) is 0. The molecule has 1 unspecified atom stereocenters. The number of hydrogen-bond donors (Lipinski definition) is 1. The highest BCUT2D eigenvalue weighted by atomic mass is 17.1. The summed E-state index contributed by atoms with van der Waals surface area (Å²) < 4.78 is 16.6. The van der Waals surface area contributed by atoms with E-state index in [1.54, 1.807) is 12.2 Å². The molecule has 0 heterocycles. The smallest absolute Gasteiger partial charge is 0.330 e. The molecule has 0 aliphatic rings. The third kappa shape index (κ3) is 50.1. The van der Waals surface area contributed by atoms with E-state index in [2.05, 4.69) is 68.2 Å². The summed E-state index contributed by atoms with van der Waals surface area (Å²) in [7, 11) is 0. The minimum Gasteiger partial charge on any atom is -0.462 e. The van der Waals surface area contributed by atoms with Gasteiger partial charge < -0.3 is 19.1 Å². The number of esters is 3. The van der Waals surface area contributed by atoms with E-state index in [4.69, 9.17) is 14.2 Å². The molecule has 67 heavy (non-hydrogen) atoms. The molecule has 0 aliphatic heterocycles. The van der Waals surface area contributed by atoms with Gasteiger partial charge in [0.15, 0.2) is 11.9 Å². The van der Waals surface area contributed by atoms with Crippen LogP contribution < -0.4 is 0 Å². The van der Waals surface area contributed by atoms with Crippen molar-refractivity contribution in [2.75, 3.05) is 13.2 Å². The Balaban J connectivity index is 4.75. The largest absolute Gasteiger partial charge is 0.462 e. The summed E-state index contributed by atoms with van der Waals surface area (Å²) in [6.07, 6.45) is 64.5. The average molecular weight is 937 g/mol. The minimum atomic E-state index is -0.906. The quantitative estimate of drug-likeness (QED) is 0.00740. The lowest BCUT2D eigenvalue weighted by molar-refractivity contribution is -0.198. The third-order valence-electron chi connectivity index (χ3n) is 11.7. The van der Waals surface area contributed by atoms with Crippen molar-refractivity contribution in [3.05, 3.63) is 84.7 Å². The molecule has 0 aromatic rings. The fourth-order valence-corrected chi connectivity index (χ4v) is 7.50. The SMILES string of the molecule is CCCCC/C=C\C/C=C\CCCCCCCC(=O)OC(COC(=O)C=CC=CC(=CC=CCCCCCCCCCCC)OO)COC(=O)CCCCCCC/C=C\CCCCCCCC. The Morgan fingerprint density at radius 1 is 0.418 bits per heavy atom. The normalized spacial score (nSPS) is 12.8. The van der Waals surface area contributed by atoms with Crippen LogP contribution in [0.1, 0.15) is 252 Å². The maximum absolute atomic E-state index is 12.8. The van der Waals surface area contributed by atoms with Gasteiger partial charge in [0, 0.05) is 18.9 Å². The lowest BCUT2D eigenvalue weighted by Gasteiger charge is -2.18. The first-order valence-corrected chi connectivity index (χ1v) is 27.5. The van der Waals surface area contributed by atoms with Crippen molar-refractivity contribution in [2.24, 2.45) is 0 Å². The highest BCUT2D eigenvalue weighted by Gasteiger charge is 2.19. The molecule has 0 radical (unpaired) electrons. The van der Waals surface area contributed by atoms with Gasteiger partial charge >= 0.3 is 17.9 Å². The van der Waals surface area contributed by atoms with E-state index in [0.29, 0.717) is 12.8 Å². The van der Waals surface area contributed by atoms with E-state index >= 15 is 0 Å². The predicted molar refractivity (Wildman–Crippen MR) is 282 cm³/mol. The van der Waals surface area contributed by atoms with E-state index < -0.39 is 18.0 Å². The number of rotatable bonds is 49. The first-order chi connectivity index (χ1) is 33.0. The Kier molecular flexibility index (Phi) is 50.4. The average Bonchev–Trinajstić information content (AvgIpc) is 3.33. The molecule has 1 N–H and O–H groups in total. The number of hydrogen-bond acceptors (Lipinski definition) is 8. The van der Waals surface area contributed by atoms with E-state index in [1.807, 2.05) is 6.08 Å².